The van der Waals surface area contributed by atoms with E-state index in [-0.39, 0.29) is 24.3 Å². The molecule has 0 amide bonds. The Hall–Kier alpha value is -3.81. The fourth-order valence-corrected chi connectivity index (χ4v) is 3.65. The van der Waals surface area contributed by atoms with Gasteiger partial charge in [0.2, 0.25) is 5.88 Å². The minimum atomic E-state index is -0.338. The monoisotopic (exact) mass is 405 g/mol. The second kappa shape index (κ2) is 7.55. The summed E-state index contributed by atoms with van der Waals surface area (Å²) >= 11 is 0. The Bertz CT molecular complexity index is 1170. The Morgan fingerprint density at radius 2 is 2.23 bits per heavy atom. The molecule has 2 aromatic heterocycles. The van der Waals surface area contributed by atoms with Crippen LogP contribution in [0, 0.1) is 0 Å². The number of nitrogens with zero attached hydrogens (tertiary/aromatic N) is 3. The van der Waals surface area contributed by atoms with Crippen LogP contribution in [-0.4, -0.2) is 33.9 Å². The minimum Gasteiger partial charge on any atom is -0.478 e. The van der Waals surface area contributed by atoms with Gasteiger partial charge in [-0.1, -0.05) is 6.58 Å². The lowest BCUT2D eigenvalue weighted by Crippen LogP contribution is -2.35. The van der Waals surface area contributed by atoms with Gasteiger partial charge in [-0.2, -0.15) is 4.98 Å². The summed E-state index contributed by atoms with van der Waals surface area (Å²) in [5, 5.41) is 0. The average molecular weight is 405 g/mol. The number of aryl methyl sites for hydroxylation is 1. The molecule has 5 rings (SSSR count). The zero-order valence-electron chi connectivity index (χ0n) is 16.1. The number of pyridine rings is 1. The van der Waals surface area contributed by atoms with Gasteiger partial charge >= 0.3 is 5.69 Å². The largest absolute Gasteiger partial charge is 0.478 e. The average Bonchev–Trinajstić information content (AvgIpc) is 2.77. The lowest BCUT2D eigenvalue weighted by Gasteiger charge is -2.25. The topological polar surface area (TPSA) is 84.7 Å². The van der Waals surface area contributed by atoms with Gasteiger partial charge in [-0.25, -0.2) is 9.78 Å². The summed E-state index contributed by atoms with van der Waals surface area (Å²) < 4.78 is 24.3. The van der Waals surface area contributed by atoms with Crippen molar-refractivity contribution in [3.63, 3.8) is 0 Å². The maximum absolute atomic E-state index is 12.5. The molecule has 0 spiro atoms. The number of rotatable bonds is 5. The number of aromatic nitrogens is 3. The van der Waals surface area contributed by atoms with Crippen LogP contribution < -0.4 is 24.6 Å². The highest BCUT2D eigenvalue weighted by Crippen LogP contribution is 2.33. The first-order valence-corrected chi connectivity index (χ1v) is 9.61. The van der Waals surface area contributed by atoms with Gasteiger partial charge in [0.05, 0.1) is 12.0 Å². The van der Waals surface area contributed by atoms with Crippen LogP contribution in [0.25, 0.3) is 11.3 Å². The van der Waals surface area contributed by atoms with E-state index in [1.165, 1.54) is 6.26 Å². The van der Waals surface area contributed by atoms with Crippen LogP contribution in [0.5, 0.6) is 23.3 Å². The number of benzene rings is 1. The van der Waals surface area contributed by atoms with Crippen LogP contribution in [0.4, 0.5) is 0 Å². The molecular formula is C22H19N3O5. The summed E-state index contributed by atoms with van der Waals surface area (Å²) in [6.45, 7) is 4.64. The second-order valence-electron chi connectivity index (χ2n) is 6.94. The highest BCUT2D eigenvalue weighted by Gasteiger charge is 2.24. The molecule has 1 unspecified atom stereocenters. The third-order valence-corrected chi connectivity index (χ3v) is 5.02. The minimum absolute atomic E-state index is 0.198. The predicted molar refractivity (Wildman–Crippen MR) is 108 cm³/mol. The van der Waals surface area contributed by atoms with E-state index in [1.807, 2.05) is 18.2 Å². The van der Waals surface area contributed by atoms with Gasteiger partial charge in [-0.05, 0) is 42.3 Å². The van der Waals surface area contributed by atoms with Crippen molar-refractivity contribution in [2.45, 2.75) is 19.1 Å². The summed E-state index contributed by atoms with van der Waals surface area (Å²) in [7, 11) is 0. The molecule has 152 valence electrons. The summed E-state index contributed by atoms with van der Waals surface area (Å²) in [6, 6.07) is 11.1. The molecule has 0 saturated carbocycles. The van der Waals surface area contributed by atoms with E-state index < -0.39 is 0 Å². The number of hydrogen-bond acceptors (Lipinski definition) is 7. The van der Waals surface area contributed by atoms with Crippen molar-refractivity contribution in [1.29, 1.82) is 0 Å². The molecule has 8 heteroatoms. The third kappa shape index (κ3) is 3.36. The Morgan fingerprint density at radius 1 is 1.30 bits per heavy atom. The Balaban J connectivity index is 1.37. The first kappa shape index (κ1) is 18.2. The first-order valence-electron chi connectivity index (χ1n) is 9.61. The normalized spacial score (nSPS) is 16.2. The van der Waals surface area contributed by atoms with Gasteiger partial charge in [0.15, 0.2) is 11.9 Å². The smallest absolute Gasteiger partial charge is 0.351 e. The van der Waals surface area contributed by atoms with E-state index in [4.69, 9.17) is 18.9 Å². The first-order chi connectivity index (χ1) is 14.7. The molecule has 0 aliphatic carbocycles. The van der Waals surface area contributed by atoms with E-state index in [9.17, 15) is 4.79 Å². The quantitative estimate of drug-likeness (QED) is 0.603. The van der Waals surface area contributed by atoms with E-state index in [1.54, 1.807) is 29.0 Å². The molecule has 0 saturated heterocycles. The molecule has 0 N–H and O–H groups in total. The van der Waals surface area contributed by atoms with Crippen LogP contribution in [0.1, 0.15) is 5.56 Å². The number of fused-ring (bicyclic) bond motifs is 4. The van der Waals surface area contributed by atoms with E-state index >= 15 is 0 Å². The van der Waals surface area contributed by atoms with E-state index in [0.29, 0.717) is 30.5 Å². The van der Waals surface area contributed by atoms with Gasteiger partial charge < -0.3 is 18.9 Å². The van der Waals surface area contributed by atoms with E-state index in [2.05, 4.69) is 16.5 Å². The SMILES string of the molecule is C=COc1ccc2c(c1)CCn1c-2cc(OCC2COc3ncccc3O2)nc1=O. The summed E-state index contributed by atoms with van der Waals surface area (Å²) in [5.41, 5.74) is 2.49. The van der Waals surface area contributed by atoms with Crippen LogP contribution in [0.15, 0.2) is 60.2 Å². The van der Waals surface area contributed by atoms with Crippen molar-refractivity contribution < 1.29 is 18.9 Å². The van der Waals surface area contributed by atoms with Crippen molar-refractivity contribution in [1.82, 2.24) is 14.5 Å². The van der Waals surface area contributed by atoms with Crippen molar-refractivity contribution in [2.24, 2.45) is 0 Å². The standard InChI is InChI=1S/C22H19N3O5/c1-2-27-15-5-6-17-14(10-15)7-9-25-18(17)11-20(24-22(25)26)28-12-16-13-29-21-19(30-16)4-3-8-23-21/h2-6,8,10-11,16H,1,7,9,12-13H2. The molecule has 1 aromatic carbocycles. The zero-order valence-corrected chi connectivity index (χ0v) is 16.1. The molecule has 2 aliphatic heterocycles. The highest BCUT2D eigenvalue weighted by atomic mass is 16.6. The van der Waals surface area contributed by atoms with E-state index in [0.717, 1.165) is 23.2 Å². The van der Waals surface area contributed by atoms with Crippen molar-refractivity contribution >= 4 is 0 Å². The van der Waals surface area contributed by atoms with Crippen molar-refractivity contribution in [2.75, 3.05) is 13.2 Å². The Kier molecular flexibility index (Phi) is 4.59. The van der Waals surface area contributed by atoms with Gasteiger partial charge in [0.1, 0.15) is 19.0 Å². The lowest BCUT2D eigenvalue weighted by molar-refractivity contribution is 0.0486. The molecule has 0 radical (unpaired) electrons. The highest BCUT2D eigenvalue weighted by molar-refractivity contribution is 5.67. The molecule has 1 atom stereocenters. The Labute approximate surface area is 172 Å². The van der Waals surface area contributed by atoms with Crippen molar-refractivity contribution in [3.05, 3.63) is 71.5 Å². The molecular weight excluding hydrogens is 386 g/mol. The van der Waals surface area contributed by atoms with Crippen LogP contribution >= 0.6 is 0 Å². The number of hydrogen-bond donors (Lipinski definition) is 0. The lowest BCUT2D eigenvalue weighted by atomic mass is 9.97. The zero-order chi connectivity index (χ0) is 20.5. The maximum Gasteiger partial charge on any atom is 0.351 e. The molecule has 2 aliphatic rings. The van der Waals surface area contributed by atoms with Crippen molar-refractivity contribution in [3.8, 4) is 34.5 Å². The fraction of sp³-hybridized carbons (Fsp3) is 0.227. The van der Waals surface area contributed by atoms with Crippen LogP contribution in [-0.2, 0) is 13.0 Å². The molecule has 30 heavy (non-hydrogen) atoms. The fourth-order valence-electron chi connectivity index (χ4n) is 3.65. The van der Waals surface area contributed by atoms with Gasteiger partial charge in [-0.15, -0.1) is 0 Å². The second-order valence-corrected chi connectivity index (χ2v) is 6.94. The summed E-state index contributed by atoms with van der Waals surface area (Å²) in [6.07, 6.45) is 3.44. The maximum atomic E-state index is 12.5. The molecule has 3 aromatic rings. The third-order valence-electron chi connectivity index (χ3n) is 5.02. The Morgan fingerprint density at radius 3 is 3.13 bits per heavy atom. The number of ether oxygens (including phenoxy) is 4. The van der Waals surface area contributed by atoms with Crippen LogP contribution in [0.3, 0.4) is 0 Å². The molecule has 8 nitrogen and oxygen atoms in total. The van der Waals surface area contributed by atoms with Gasteiger partial charge in [-0.3, -0.25) is 4.57 Å². The predicted octanol–water partition coefficient (Wildman–Crippen LogP) is 2.60. The summed E-state index contributed by atoms with van der Waals surface area (Å²) in [5.74, 6) is 2.01. The van der Waals surface area contributed by atoms with Gasteiger partial charge in [0.25, 0.3) is 5.88 Å². The molecule has 4 heterocycles. The van der Waals surface area contributed by atoms with Gasteiger partial charge in [0, 0.05) is 24.4 Å². The molecule has 0 bridgehead atoms. The molecule has 0 fully saturated rings. The summed E-state index contributed by atoms with van der Waals surface area (Å²) in [4.78, 5) is 20.7. The van der Waals surface area contributed by atoms with Crippen LogP contribution in [0.2, 0.25) is 0 Å².